The molecule has 1 saturated heterocycles. The lowest BCUT2D eigenvalue weighted by Crippen LogP contribution is -2.42. The van der Waals surface area contributed by atoms with E-state index in [0.29, 0.717) is 18.5 Å². The molecule has 1 aromatic carbocycles. The van der Waals surface area contributed by atoms with E-state index in [-0.39, 0.29) is 11.9 Å². The van der Waals surface area contributed by atoms with E-state index in [0.717, 1.165) is 22.2 Å². The molecule has 1 saturated carbocycles. The van der Waals surface area contributed by atoms with E-state index in [9.17, 15) is 4.79 Å². The fourth-order valence-electron chi connectivity index (χ4n) is 3.65. The maximum atomic E-state index is 12.4. The summed E-state index contributed by atoms with van der Waals surface area (Å²) in [6.45, 7) is 0.551. The van der Waals surface area contributed by atoms with Crippen LogP contribution in [0.15, 0.2) is 22.7 Å². The normalized spacial score (nSPS) is 27.3. The number of rotatable bonds is 4. The van der Waals surface area contributed by atoms with Crippen molar-refractivity contribution in [2.45, 2.75) is 50.7 Å². The smallest absolute Gasteiger partial charge is 0.237 e. The van der Waals surface area contributed by atoms with Crippen LogP contribution in [0.3, 0.4) is 0 Å². The van der Waals surface area contributed by atoms with Crippen LogP contribution in [0.2, 0.25) is 0 Å². The Bertz CT molecular complexity index is 535. The first-order chi connectivity index (χ1) is 10.7. The Kier molecular flexibility index (Phi) is 5.03. The summed E-state index contributed by atoms with van der Waals surface area (Å²) in [6.07, 6.45) is 6.09. The molecule has 4 nitrogen and oxygen atoms in total. The molecule has 2 fully saturated rings. The van der Waals surface area contributed by atoms with E-state index in [1.54, 1.807) is 7.11 Å². The van der Waals surface area contributed by atoms with E-state index in [2.05, 4.69) is 26.6 Å². The minimum Gasteiger partial charge on any atom is -0.496 e. The number of hydrogen-bond donors (Lipinski definition) is 2. The maximum absolute atomic E-state index is 12.4. The first kappa shape index (κ1) is 15.8. The predicted octanol–water partition coefficient (Wildman–Crippen LogP) is 2.99. The Labute approximate surface area is 140 Å². The van der Waals surface area contributed by atoms with Crippen LogP contribution < -0.4 is 15.4 Å². The molecule has 1 aliphatic carbocycles. The van der Waals surface area contributed by atoms with Crippen LogP contribution in [0.4, 0.5) is 0 Å². The molecule has 5 heteroatoms. The third-order valence-electron chi connectivity index (χ3n) is 4.86. The molecule has 0 bridgehead atoms. The molecule has 3 rings (SSSR count). The van der Waals surface area contributed by atoms with Crippen molar-refractivity contribution >= 4 is 21.8 Å². The van der Waals surface area contributed by atoms with E-state index in [1.807, 2.05) is 18.2 Å². The third-order valence-corrected chi connectivity index (χ3v) is 5.48. The molecule has 0 aromatic heterocycles. The highest BCUT2D eigenvalue weighted by atomic mass is 79.9. The molecule has 22 heavy (non-hydrogen) atoms. The first-order valence-electron chi connectivity index (χ1n) is 8.03. The molecule has 1 heterocycles. The van der Waals surface area contributed by atoms with Gasteiger partial charge in [0.15, 0.2) is 0 Å². The van der Waals surface area contributed by atoms with Gasteiger partial charge in [0.25, 0.3) is 0 Å². The number of carbonyl (C=O) groups excluding carboxylic acids is 1. The lowest BCUT2D eigenvalue weighted by Gasteiger charge is -2.24. The second-order valence-electron chi connectivity index (χ2n) is 6.29. The molecule has 2 N–H and O–H groups in total. The number of ether oxygens (including phenoxy) is 1. The molecular formula is C17H23BrN2O2. The number of nitrogens with one attached hydrogen (secondary N) is 2. The quantitative estimate of drug-likeness (QED) is 0.860. The van der Waals surface area contributed by atoms with Crippen molar-refractivity contribution in [3.63, 3.8) is 0 Å². The second-order valence-corrected chi connectivity index (χ2v) is 7.15. The van der Waals surface area contributed by atoms with Gasteiger partial charge in [0.2, 0.25) is 5.91 Å². The number of methoxy groups -OCH3 is 1. The minimum atomic E-state index is -0.0187. The summed E-state index contributed by atoms with van der Waals surface area (Å²) in [5.41, 5.74) is 1.07. The molecular weight excluding hydrogens is 344 g/mol. The number of hydrogen-bond acceptors (Lipinski definition) is 3. The van der Waals surface area contributed by atoms with Crippen molar-refractivity contribution in [3.8, 4) is 5.75 Å². The summed E-state index contributed by atoms with van der Waals surface area (Å²) in [6, 6.07) is 6.41. The van der Waals surface area contributed by atoms with Gasteiger partial charge in [-0.15, -0.1) is 0 Å². The fraction of sp³-hybridized carbons (Fsp3) is 0.588. The molecule has 0 radical (unpaired) electrons. The number of carbonyl (C=O) groups is 1. The largest absolute Gasteiger partial charge is 0.496 e. The minimum absolute atomic E-state index is 0.0187. The zero-order valence-electron chi connectivity index (χ0n) is 12.9. The van der Waals surface area contributed by atoms with Gasteiger partial charge in [0, 0.05) is 12.6 Å². The van der Waals surface area contributed by atoms with Gasteiger partial charge in [-0.3, -0.25) is 4.79 Å². The maximum Gasteiger partial charge on any atom is 0.237 e. The highest BCUT2D eigenvalue weighted by molar-refractivity contribution is 9.10. The van der Waals surface area contributed by atoms with Crippen molar-refractivity contribution in [2.75, 3.05) is 7.11 Å². The number of amides is 1. The molecule has 120 valence electrons. The van der Waals surface area contributed by atoms with Gasteiger partial charge < -0.3 is 15.4 Å². The van der Waals surface area contributed by atoms with Gasteiger partial charge in [-0.05, 0) is 58.8 Å². The first-order valence-corrected chi connectivity index (χ1v) is 8.83. The van der Waals surface area contributed by atoms with Crippen LogP contribution >= 0.6 is 15.9 Å². The second kappa shape index (κ2) is 7.01. The monoisotopic (exact) mass is 366 g/mol. The molecule has 2 aliphatic rings. The van der Waals surface area contributed by atoms with E-state index >= 15 is 0 Å². The van der Waals surface area contributed by atoms with Gasteiger partial charge in [0.1, 0.15) is 5.75 Å². The lowest BCUT2D eigenvalue weighted by molar-refractivity contribution is -0.123. The summed E-state index contributed by atoms with van der Waals surface area (Å²) in [7, 11) is 1.65. The van der Waals surface area contributed by atoms with Gasteiger partial charge in [-0.25, -0.2) is 0 Å². The van der Waals surface area contributed by atoms with Crippen LogP contribution in [-0.4, -0.2) is 25.1 Å². The van der Waals surface area contributed by atoms with E-state index in [1.165, 1.54) is 25.7 Å². The van der Waals surface area contributed by atoms with E-state index in [4.69, 9.17) is 4.74 Å². The van der Waals surface area contributed by atoms with Crippen LogP contribution in [0.1, 0.15) is 37.7 Å². The lowest BCUT2D eigenvalue weighted by atomic mass is 9.85. The van der Waals surface area contributed by atoms with Gasteiger partial charge in [-0.2, -0.15) is 0 Å². The Hall–Kier alpha value is -1.07. The van der Waals surface area contributed by atoms with Crippen molar-refractivity contribution in [2.24, 2.45) is 5.92 Å². The Balaban J connectivity index is 1.53. The molecule has 0 spiro atoms. The van der Waals surface area contributed by atoms with Crippen molar-refractivity contribution in [1.29, 1.82) is 0 Å². The summed E-state index contributed by atoms with van der Waals surface area (Å²) in [5, 5.41) is 6.57. The Morgan fingerprint density at radius 3 is 2.95 bits per heavy atom. The number of halogens is 1. The van der Waals surface area contributed by atoms with Gasteiger partial charge in [-0.1, -0.05) is 18.9 Å². The average molecular weight is 367 g/mol. The van der Waals surface area contributed by atoms with Crippen LogP contribution in [-0.2, 0) is 11.3 Å². The van der Waals surface area contributed by atoms with E-state index < -0.39 is 0 Å². The summed E-state index contributed by atoms with van der Waals surface area (Å²) in [4.78, 5) is 12.4. The Morgan fingerprint density at radius 2 is 2.23 bits per heavy atom. The zero-order chi connectivity index (χ0) is 15.5. The van der Waals surface area contributed by atoms with Crippen molar-refractivity contribution < 1.29 is 9.53 Å². The highest BCUT2D eigenvalue weighted by Gasteiger charge is 2.37. The average Bonchev–Trinajstić information content (AvgIpc) is 2.97. The Morgan fingerprint density at radius 1 is 1.41 bits per heavy atom. The van der Waals surface area contributed by atoms with Crippen LogP contribution in [0, 0.1) is 5.92 Å². The highest BCUT2D eigenvalue weighted by Crippen LogP contribution is 2.33. The topological polar surface area (TPSA) is 50.4 Å². The number of fused-ring (bicyclic) bond motifs is 1. The standard InChI is InChI=1S/C17H23BrN2O2/c1-22-16-7-6-11(8-13(16)18)10-19-17(21)15-9-12-4-2-3-5-14(12)20-15/h6-8,12,14-15,20H,2-5,9-10H2,1H3,(H,19,21). The predicted molar refractivity (Wildman–Crippen MR) is 89.8 cm³/mol. The van der Waals surface area contributed by atoms with Crippen molar-refractivity contribution in [3.05, 3.63) is 28.2 Å². The van der Waals surface area contributed by atoms with Crippen LogP contribution in [0.5, 0.6) is 5.75 Å². The van der Waals surface area contributed by atoms with Gasteiger partial charge >= 0.3 is 0 Å². The molecule has 1 amide bonds. The molecule has 1 aromatic rings. The molecule has 3 atom stereocenters. The van der Waals surface area contributed by atoms with Crippen molar-refractivity contribution in [1.82, 2.24) is 10.6 Å². The SMILES string of the molecule is COc1ccc(CNC(=O)C2CC3CCCCC3N2)cc1Br. The number of benzene rings is 1. The van der Waals surface area contributed by atoms with Crippen LogP contribution in [0.25, 0.3) is 0 Å². The molecule has 1 aliphatic heterocycles. The van der Waals surface area contributed by atoms with Gasteiger partial charge in [0.05, 0.1) is 17.6 Å². The third kappa shape index (κ3) is 3.46. The fourth-order valence-corrected chi connectivity index (χ4v) is 4.24. The summed E-state index contributed by atoms with van der Waals surface area (Å²) in [5.74, 6) is 1.62. The zero-order valence-corrected chi connectivity index (χ0v) is 14.5. The summed E-state index contributed by atoms with van der Waals surface area (Å²) >= 11 is 3.47. The molecule has 3 unspecified atom stereocenters. The summed E-state index contributed by atoms with van der Waals surface area (Å²) < 4.78 is 6.13.